The fourth-order valence-electron chi connectivity index (χ4n) is 4.22. The Balaban J connectivity index is 1.69. The van der Waals surface area contributed by atoms with Crippen LogP contribution in [0.5, 0.6) is 0 Å². The first-order valence-electron chi connectivity index (χ1n) is 10.5. The summed E-state index contributed by atoms with van der Waals surface area (Å²) in [5.41, 5.74) is 3.33. The highest BCUT2D eigenvalue weighted by molar-refractivity contribution is 5.92. The highest BCUT2D eigenvalue weighted by atomic mass is 19.3. The van der Waals surface area contributed by atoms with Crippen LogP contribution in [0.3, 0.4) is 0 Å². The van der Waals surface area contributed by atoms with E-state index in [1.54, 1.807) is 33.7 Å². The molecule has 0 spiro atoms. The second-order valence-corrected chi connectivity index (χ2v) is 8.03. The van der Waals surface area contributed by atoms with Crippen LogP contribution in [0.2, 0.25) is 0 Å². The summed E-state index contributed by atoms with van der Waals surface area (Å²) < 4.78 is 30.8. The molecule has 1 aliphatic rings. The van der Waals surface area contributed by atoms with Gasteiger partial charge in [0.2, 0.25) is 5.92 Å². The maximum absolute atomic E-state index is 13.8. The van der Waals surface area contributed by atoms with E-state index in [4.69, 9.17) is 0 Å². The molecule has 1 unspecified atom stereocenters. The zero-order valence-electron chi connectivity index (χ0n) is 17.7. The van der Waals surface area contributed by atoms with Gasteiger partial charge < -0.3 is 5.32 Å². The second kappa shape index (κ2) is 8.20. The standard InChI is InChI=1S/C22H26F2N6O/c1-4-15-12-19-26-17(13-30(19)28-14(15)3)20(16-6-9-22(23,24)10-7-16)27-21(31)18-8-11-25-29(18)5-2/h4,8,11-13,16,20H,1,5-7,9-10H2,2-3H3,(H,27,31). The molecule has 1 atom stereocenters. The zero-order valence-corrected chi connectivity index (χ0v) is 17.7. The van der Waals surface area contributed by atoms with Crippen molar-refractivity contribution in [1.82, 2.24) is 29.7 Å². The van der Waals surface area contributed by atoms with Crippen molar-refractivity contribution in [2.75, 3.05) is 0 Å². The summed E-state index contributed by atoms with van der Waals surface area (Å²) in [5, 5.41) is 11.7. The minimum absolute atomic E-state index is 0.147. The van der Waals surface area contributed by atoms with Crippen LogP contribution in [0.15, 0.2) is 31.1 Å². The third kappa shape index (κ3) is 4.22. The van der Waals surface area contributed by atoms with Crippen LogP contribution in [0.1, 0.15) is 66.1 Å². The van der Waals surface area contributed by atoms with E-state index < -0.39 is 12.0 Å². The molecule has 0 saturated heterocycles. The van der Waals surface area contributed by atoms with Crippen LogP contribution >= 0.6 is 0 Å². The zero-order chi connectivity index (χ0) is 22.2. The van der Waals surface area contributed by atoms with Crippen molar-refractivity contribution < 1.29 is 13.6 Å². The van der Waals surface area contributed by atoms with Crippen LogP contribution in [0, 0.1) is 12.8 Å². The molecule has 9 heteroatoms. The number of amides is 1. The van der Waals surface area contributed by atoms with Gasteiger partial charge in [0.1, 0.15) is 5.69 Å². The lowest BCUT2D eigenvalue weighted by Crippen LogP contribution is -2.38. The fourth-order valence-corrected chi connectivity index (χ4v) is 4.22. The number of imidazole rings is 1. The quantitative estimate of drug-likeness (QED) is 0.639. The van der Waals surface area contributed by atoms with Gasteiger partial charge in [-0.1, -0.05) is 12.7 Å². The number of hydrogen-bond acceptors (Lipinski definition) is 4. The van der Waals surface area contributed by atoms with Gasteiger partial charge in [0.05, 0.1) is 23.6 Å². The Morgan fingerprint density at radius 2 is 2.16 bits per heavy atom. The summed E-state index contributed by atoms with van der Waals surface area (Å²) in [6.07, 6.45) is 5.29. The molecule has 3 aromatic heterocycles. The number of aryl methyl sites for hydroxylation is 2. The summed E-state index contributed by atoms with van der Waals surface area (Å²) in [7, 11) is 0. The van der Waals surface area contributed by atoms with Crippen molar-refractivity contribution in [1.29, 1.82) is 0 Å². The number of halogens is 2. The number of carbonyl (C=O) groups is 1. The van der Waals surface area contributed by atoms with Gasteiger partial charge in [0.25, 0.3) is 5.91 Å². The average molecular weight is 428 g/mol. The third-order valence-electron chi connectivity index (χ3n) is 6.00. The molecule has 3 aromatic rings. The average Bonchev–Trinajstić information content (AvgIpc) is 3.38. The van der Waals surface area contributed by atoms with Gasteiger partial charge in [-0.2, -0.15) is 10.2 Å². The Bertz CT molecular complexity index is 1110. The Hall–Kier alpha value is -3.10. The number of nitrogens with one attached hydrogen (secondary N) is 1. The Morgan fingerprint density at radius 3 is 2.84 bits per heavy atom. The van der Waals surface area contributed by atoms with E-state index in [1.807, 2.05) is 19.9 Å². The van der Waals surface area contributed by atoms with Gasteiger partial charge in [-0.15, -0.1) is 0 Å². The highest BCUT2D eigenvalue weighted by Crippen LogP contribution is 2.41. The third-order valence-corrected chi connectivity index (χ3v) is 6.00. The number of alkyl halides is 2. The highest BCUT2D eigenvalue weighted by Gasteiger charge is 2.39. The lowest BCUT2D eigenvalue weighted by Gasteiger charge is -2.33. The van der Waals surface area contributed by atoms with Crippen molar-refractivity contribution in [2.45, 2.75) is 58.0 Å². The Kier molecular flexibility index (Phi) is 5.60. The number of hydrogen-bond donors (Lipinski definition) is 1. The van der Waals surface area contributed by atoms with Crippen molar-refractivity contribution in [3.63, 3.8) is 0 Å². The minimum Gasteiger partial charge on any atom is -0.342 e. The number of aromatic nitrogens is 5. The van der Waals surface area contributed by atoms with E-state index in [9.17, 15) is 13.6 Å². The predicted octanol–water partition coefficient (Wildman–Crippen LogP) is 4.19. The van der Waals surface area contributed by atoms with E-state index in [1.165, 1.54) is 0 Å². The Labute approximate surface area is 179 Å². The largest absolute Gasteiger partial charge is 0.342 e. The van der Waals surface area contributed by atoms with Crippen LogP contribution in [-0.2, 0) is 6.54 Å². The van der Waals surface area contributed by atoms with Crippen LogP contribution in [0.4, 0.5) is 8.78 Å². The maximum Gasteiger partial charge on any atom is 0.270 e. The van der Waals surface area contributed by atoms with Crippen LogP contribution in [-0.4, -0.2) is 36.2 Å². The Morgan fingerprint density at radius 1 is 1.42 bits per heavy atom. The molecule has 31 heavy (non-hydrogen) atoms. The van der Waals surface area contributed by atoms with Crippen LogP contribution < -0.4 is 5.32 Å². The lowest BCUT2D eigenvalue weighted by molar-refractivity contribution is -0.0495. The summed E-state index contributed by atoms with van der Waals surface area (Å²) >= 11 is 0. The SMILES string of the molecule is C=Cc1cc2nc(C(NC(=O)c3ccnn3CC)C3CCC(F)(F)CC3)cn2nc1C. The van der Waals surface area contributed by atoms with E-state index >= 15 is 0 Å². The first-order valence-corrected chi connectivity index (χ1v) is 10.5. The van der Waals surface area contributed by atoms with Gasteiger partial charge in [-0.3, -0.25) is 9.48 Å². The summed E-state index contributed by atoms with van der Waals surface area (Å²) in [5.74, 6) is -3.09. The summed E-state index contributed by atoms with van der Waals surface area (Å²) in [4.78, 5) is 17.7. The van der Waals surface area contributed by atoms with E-state index in [0.717, 1.165) is 11.3 Å². The minimum atomic E-state index is -2.65. The molecular weight excluding hydrogens is 402 g/mol. The van der Waals surface area contributed by atoms with Gasteiger partial charge >= 0.3 is 0 Å². The molecular formula is C22H26F2N6O. The molecule has 1 fully saturated rings. The molecule has 0 bridgehead atoms. The molecule has 1 aliphatic carbocycles. The van der Waals surface area contributed by atoms with Gasteiger partial charge in [0.15, 0.2) is 5.65 Å². The van der Waals surface area contributed by atoms with E-state index in [2.05, 4.69) is 27.1 Å². The smallest absolute Gasteiger partial charge is 0.270 e. The predicted molar refractivity (Wildman–Crippen MR) is 113 cm³/mol. The van der Waals surface area contributed by atoms with Crippen molar-refractivity contribution in [2.24, 2.45) is 5.92 Å². The van der Waals surface area contributed by atoms with Gasteiger partial charge in [-0.25, -0.2) is 18.3 Å². The molecule has 1 amide bonds. The molecule has 4 rings (SSSR count). The molecule has 0 radical (unpaired) electrons. The number of rotatable bonds is 6. The van der Waals surface area contributed by atoms with Crippen molar-refractivity contribution in [3.8, 4) is 0 Å². The number of carbonyl (C=O) groups excluding carboxylic acids is 1. The summed E-state index contributed by atoms with van der Waals surface area (Å²) in [6, 6.07) is 3.02. The molecule has 1 saturated carbocycles. The van der Waals surface area contributed by atoms with Crippen molar-refractivity contribution >= 4 is 17.6 Å². The molecule has 3 heterocycles. The van der Waals surface area contributed by atoms with Gasteiger partial charge in [0, 0.05) is 31.1 Å². The van der Waals surface area contributed by atoms with Crippen molar-refractivity contribution in [3.05, 3.63) is 53.8 Å². The maximum atomic E-state index is 13.8. The molecule has 164 valence electrons. The van der Waals surface area contributed by atoms with Gasteiger partial charge in [-0.05, 0) is 44.7 Å². The fraction of sp³-hybridized carbons (Fsp3) is 0.455. The molecule has 0 aliphatic heterocycles. The molecule has 0 aromatic carbocycles. The monoisotopic (exact) mass is 428 g/mol. The molecule has 1 N–H and O–H groups in total. The first kappa shape index (κ1) is 21.1. The van der Waals surface area contributed by atoms with E-state index in [0.29, 0.717) is 36.4 Å². The van der Waals surface area contributed by atoms with E-state index in [-0.39, 0.29) is 24.7 Å². The second-order valence-electron chi connectivity index (χ2n) is 8.03. The first-order chi connectivity index (χ1) is 14.8. The topological polar surface area (TPSA) is 77.1 Å². The normalized spacial score (nSPS) is 17.5. The summed E-state index contributed by atoms with van der Waals surface area (Å²) in [6.45, 7) is 8.13. The molecule has 7 nitrogen and oxygen atoms in total. The van der Waals surface area contributed by atoms with Crippen LogP contribution in [0.25, 0.3) is 11.7 Å². The number of fused-ring (bicyclic) bond motifs is 1. The number of nitrogens with zero attached hydrogens (tertiary/aromatic N) is 5. The lowest BCUT2D eigenvalue weighted by atomic mass is 9.81.